The van der Waals surface area contributed by atoms with E-state index >= 15 is 0 Å². The fraction of sp³-hybridized carbons (Fsp3) is 0.182. The molecule has 102 valence electrons. The highest BCUT2D eigenvalue weighted by Crippen LogP contribution is 2.52. The Morgan fingerprint density at radius 3 is 2.37 bits per heavy atom. The van der Waals surface area contributed by atoms with Crippen molar-refractivity contribution in [3.8, 4) is 5.69 Å². The minimum Gasteiger partial charge on any atom is -0.294 e. The molecule has 1 aromatic carbocycles. The molecule has 2 N–H and O–H groups in total. The Balaban J connectivity index is 2.49. The first-order chi connectivity index (χ1) is 9.01. The summed E-state index contributed by atoms with van der Waals surface area (Å²) < 4.78 is 11.1. The summed E-state index contributed by atoms with van der Waals surface area (Å²) in [6, 6.07) is 6.69. The molecule has 1 aromatic heterocycles. The molecule has 2 aromatic rings. The number of nitrogens with one attached hydrogen (secondary N) is 1. The van der Waals surface area contributed by atoms with Gasteiger partial charge in [0.2, 0.25) is 0 Å². The number of nitrogens with zero attached hydrogens (tertiary/aromatic N) is 1. The maximum Gasteiger partial charge on any atom is 0.453 e. The summed E-state index contributed by atoms with van der Waals surface area (Å²) in [6.45, 7) is 0. The van der Waals surface area contributed by atoms with E-state index in [4.69, 9.17) is 20.6 Å². The van der Waals surface area contributed by atoms with Crippen molar-refractivity contribution in [3.05, 3.63) is 45.8 Å². The van der Waals surface area contributed by atoms with E-state index in [-0.39, 0.29) is 5.30 Å². The van der Waals surface area contributed by atoms with Crippen molar-refractivity contribution in [2.45, 2.75) is 0 Å². The van der Waals surface area contributed by atoms with Gasteiger partial charge in [0.05, 0.1) is 26.1 Å². The normalized spacial score (nSPS) is 11.8. The molecule has 0 aliphatic heterocycles. The van der Waals surface area contributed by atoms with E-state index in [9.17, 15) is 9.69 Å². The lowest BCUT2D eigenvalue weighted by atomic mass is 10.3. The van der Waals surface area contributed by atoms with Gasteiger partial charge in [-0.15, -0.1) is 0 Å². The number of H-pyrrole nitrogens is 1. The molecule has 0 atom stereocenters. The van der Waals surface area contributed by atoms with Crippen LogP contribution in [0.25, 0.3) is 5.69 Å². The molecular formula is C11H13ClN2O4P+. The summed E-state index contributed by atoms with van der Waals surface area (Å²) >= 11 is 5.79. The number of halogens is 1. The van der Waals surface area contributed by atoms with Crippen molar-refractivity contribution < 1.29 is 13.9 Å². The number of aromatic amines is 1. The quantitative estimate of drug-likeness (QED) is 0.839. The molecule has 0 spiro atoms. The fourth-order valence-corrected chi connectivity index (χ4v) is 2.85. The summed E-state index contributed by atoms with van der Waals surface area (Å²) in [5.41, 5.74) is 0.168. The number of aromatic nitrogens is 2. The number of hydrogen-bond acceptors (Lipinski definition) is 4. The third-order valence-corrected chi connectivity index (χ3v) is 4.81. The molecule has 0 saturated heterocycles. The van der Waals surface area contributed by atoms with Gasteiger partial charge in [-0.25, -0.2) is 4.68 Å². The van der Waals surface area contributed by atoms with Crippen LogP contribution in [0.4, 0.5) is 0 Å². The molecular weight excluding hydrogens is 291 g/mol. The topological polar surface area (TPSA) is 76.5 Å². The number of hydrogen-bond donors (Lipinski definition) is 2. The van der Waals surface area contributed by atoms with Crippen molar-refractivity contribution in [1.82, 2.24) is 9.78 Å². The van der Waals surface area contributed by atoms with Crippen LogP contribution in [-0.2, 0) is 9.05 Å². The van der Waals surface area contributed by atoms with E-state index in [1.54, 1.807) is 24.3 Å². The molecule has 0 bridgehead atoms. The summed E-state index contributed by atoms with van der Waals surface area (Å²) in [6.07, 6.45) is 1.37. The average Bonchev–Trinajstić information content (AvgIpc) is 2.81. The second-order valence-electron chi connectivity index (χ2n) is 3.66. The minimum absolute atomic E-state index is 0.0625. The lowest BCUT2D eigenvalue weighted by Gasteiger charge is -2.08. The molecule has 0 saturated carbocycles. The van der Waals surface area contributed by atoms with Crippen LogP contribution in [0.2, 0.25) is 5.02 Å². The maximum absolute atomic E-state index is 12.2. The Hall–Kier alpha value is -1.17. The Morgan fingerprint density at radius 2 is 1.84 bits per heavy atom. The highest BCUT2D eigenvalue weighted by molar-refractivity contribution is 7.68. The van der Waals surface area contributed by atoms with Crippen molar-refractivity contribution in [1.29, 1.82) is 0 Å². The first-order valence-electron chi connectivity index (χ1n) is 5.32. The van der Waals surface area contributed by atoms with E-state index in [0.29, 0.717) is 10.7 Å². The molecule has 0 unspecified atom stereocenters. The standard InChI is InChI=1S/C11H12ClN2O4P/c1-17-19(16,18-2)10-7-13-14(11(10)15)9-5-3-8(12)4-6-9/h3-7,16H,1-2H3/p+1. The summed E-state index contributed by atoms with van der Waals surface area (Å²) in [5, 5.41) is 3.39. The SMILES string of the molecule is CO[P+](O)(OC)c1c[nH]n(-c2ccc(Cl)cc2)c1=O. The average molecular weight is 304 g/mol. The fourth-order valence-electron chi connectivity index (χ4n) is 1.62. The van der Waals surface area contributed by atoms with Crippen molar-refractivity contribution in [3.63, 3.8) is 0 Å². The van der Waals surface area contributed by atoms with Gasteiger partial charge in [0.15, 0.2) is 0 Å². The second-order valence-corrected chi connectivity index (χ2v) is 6.35. The summed E-state index contributed by atoms with van der Waals surface area (Å²) in [4.78, 5) is 22.3. The van der Waals surface area contributed by atoms with E-state index in [1.807, 2.05) is 0 Å². The highest BCUT2D eigenvalue weighted by atomic mass is 35.5. The smallest absolute Gasteiger partial charge is 0.294 e. The van der Waals surface area contributed by atoms with Crippen LogP contribution in [0.1, 0.15) is 0 Å². The van der Waals surface area contributed by atoms with Crippen LogP contribution in [0.3, 0.4) is 0 Å². The highest BCUT2D eigenvalue weighted by Gasteiger charge is 2.46. The number of rotatable bonds is 4. The molecule has 0 fully saturated rings. The van der Waals surface area contributed by atoms with Gasteiger partial charge in [0, 0.05) is 5.02 Å². The molecule has 0 amide bonds. The first kappa shape index (κ1) is 14.2. The monoisotopic (exact) mass is 303 g/mol. The molecule has 19 heavy (non-hydrogen) atoms. The summed E-state index contributed by atoms with van der Waals surface area (Å²) in [7, 11) is -0.745. The predicted molar refractivity (Wildman–Crippen MR) is 74.2 cm³/mol. The van der Waals surface area contributed by atoms with Crippen molar-refractivity contribution >= 4 is 24.8 Å². The van der Waals surface area contributed by atoms with Gasteiger partial charge in [-0.05, 0) is 24.3 Å². The van der Waals surface area contributed by atoms with Gasteiger partial charge in [-0.3, -0.25) is 9.89 Å². The van der Waals surface area contributed by atoms with E-state index in [1.165, 1.54) is 25.1 Å². The molecule has 0 aliphatic rings. The Bertz CT molecular complexity index is 618. The van der Waals surface area contributed by atoms with Crippen LogP contribution in [0, 0.1) is 0 Å². The largest absolute Gasteiger partial charge is 0.453 e. The van der Waals surface area contributed by atoms with Crippen LogP contribution in [0.5, 0.6) is 0 Å². The number of benzene rings is 1. The Morgan fingerprint density at radius 1 is 1.26 bits per heavy atom. The van der Waals surface area contributed by atoms with E-state index in [2.05, 4.69) is 5.10 Å². The van der Waals surface area contributed by atoms with Crippen LogP contribution >= 0.6 is 19.5 Å². The lowest BCUT2D eigenvalue weighted by Crippen LogP contribution is -2.30. The van der Waals surface area contributed by atoms with Gasteiger partial charge in [-0.2, -0.15) is 13.9 Å². The maximum atomic E-state index is 12.2. The van der Waals surface area contributed by atoms with E-state index < -0.39 is 13.5 Å². The zero-order valence-electron chi connectivity index (χ0n) is 10.3. The third-order valence-electron chi connectivity index (χ3n) is 2.64. The second kappa shape index (κ2) is 5.45. The van der Waals surface area contributed by atoms with Crippen molar-refractivity contribution in [2.24, 2.45) is 0 Å². The van der Waals surface area contributed by atoms with Gasteiger partial charge in [-0.1, -0.05) is 11.6 Å². The predicted octanol–water partition coefficient (Wildman–Crippen LogP) is 1.49. The molecule has 6 nitrogen and oxygen atoms in total. The van der Waals surface area contributed by atoms with Gasteiger partial charge in [0.25, 0.3) is 5.30 Å². The molecule has 1 heterocycles. The zero-order chi connectivity index (χ0) is 14.0. The van der Waals surface area contributed by atoms with Gasteiger partial charge < -0.3 is 0 Å². The van der Waals surface area contributed by atoms with Crippen LogP contribution in [-0.4, -0.2) is 28.9 Å². The third kappa shape index (κ3) is 2.59. The molecule has 0 radical (unpaired) electrons. The van der Waals surface area contributed by atoms with Crippen molar-refractivity contribution in [2.75, 3.05) is 14.2 Å². The van der Waals surface area contributed by atoms with Crippen LogP contribution in [0.15, 0.2) is 35.3 Å². The molecule has 8 heteroatoms. The summed E-state index contributed by atoms with van der Waals surface area (Å²) in [5.74, 6) is 0. The first-order valence-corrected chi connectivity index (χ1v) is 7.27. The Labute approximate surface area is 115 Å². The van der Waals surface area contributed by atoms with Gasteiger partial charge in [0.1, 0.15) is 0 Å². The van der Waals surface area contributed by atoms with E-state index in [0.717, 1.165) is 0 Å². The lowest BCUT2D eigenvalue weighted by molar-refractivity contribution is 0.253. The molecule has 2 rings (SSSR count). The minimum atomic E-state index is -3.32. The Kier molecular flexibility index (Phi) is 4.08. The van der Waals surface area contributed by atoms with Crippen LogP contribution < -0.4 is 10.9 Å². The molecule has 0 aliphatic carbocycles. The zero-order valence-corrected chi connectivity index (χ0v) is 12.0. The van der Waals surface area contributed by atoms with Gasteiger partial charge >= 0.3 is 13.5 Å².